The van der Waals surface area contributed by atoms with Gasteiger partial charge in [0.1, 0.15) is 11.4 Å². The maximum absolute atomic E-state index is 12.4. The van der Waals surface area contributed by atoms with Crippen molar-refractivity contribution in [3.8, 4) is 0 Å². The van der Waals surface area contributed by atoms with Crippen LogP contribution in [0.3, 0.4) is 0 Å². The van der Waals surface area contributed by atoms with Crippen molar-refractivity contribution in [1.82, 2.24) is 15.6 Å². The summed E-state index contributed by atoms with van der Waals surface area (Å²) < 4.78 is 52.5. The molecule has 0 saturated heterocycles. The third-order valence-corrected chi connectivity index (χ3v) is 1.72. The van der Waals surface area contributed by atoms with Gasteiger partial charge in [0, 0.05) is 6.54 Å². The predicted octanol–water partition coefficient (Wildman–Crippen LogP) is 1.37. The molecule has 86 valence electrons. The molecule has 1 N–H and O–H groups in total. The fourth-order valence-electron chi connectivity index (χ4n) is 0.835. The number of nitrogens with one attached hydrogen (secondary N) is 1. The molecule has 0 amide bonds. The molecule has 1 aromatic heterocycles. The Kier molecular flexibility index (Phi) is 3.61. The highest BCUT2D eigenvalue weighted by Crippen LogP contribution is 2.21. The zero-order valence-corrected chi connectivity index (χ0v) is 7.81. The van der Waals surface area contributed by atoms with Crippen LogP contribution in [0.15, 0.2) is 4.63 Å². The second kappa shape index (κ2) is 4.56. The minimum absolute atomic E-state index is 0.0857. The molecule has 1 heterocycles. The van der Waals surface area contributed by atoms with E-state index >= 15 is 0 Å². The van der Waals surface area contributed by atoms with Crippen LogP contribution in [-0.2, 0) is 6.54 Å². The molecular formula is C7H9F4N3O. The molecule has 4 nitrogen and oxygen atoms in total. The van der Waals surface area contributed by atoms with E-state index in [1.807, 2.05) is 0 Å². The summed E-state index contributed by atoms with van der Waals surface area (Å²) in [5, 5.41) is 8.96. The van der Waals surface area contributed by atoms with Gasteiger partial charge in [-0.05, 0) is 6.92 Å². The summed E-state index contributed by atoms with van der Waals surface area (Å²) in [6.07, 6.45) is -3.68. The van der Waals surface area contributed by atoms with Crippen LogP contribution in [0, 0.1) is 6.92 Å². The van der Waals surface area contributed by atoms with E-state index in [-0.39, 0.29) is 6.54 Å². The molecule has 0 fully saturated rings. The molecule has 0 atom stereocenters. The molecule has 15 heavy (non-hydrogen) atoms. The Balaban J connectivity index is 2.37. The highest BCUT2D eigenvalue weighted by molar-refractivity contribution is 5.03. The molecule has 8 heteroatoms. The van der Waals surface area contributed by atoms with Gasteiger partial charge in [-0.1, -0.05) is 10.3 Å². The monoisotopic (exact) mass is 227 g/mol. The number of hydrogen-bond acceptors (Lipinski definition) is 4. The van der Waals surface area contributed by atoms with Crippen LogP contribution in [0.1, 0.15) is 11.4 Å². The maximum atomic E-state index is 12.4. The second-order valence-corrected chi connectivity index (χ2v) is 2.96. The van der Waals surface area contributed by atoms with Gasteiger partial charge in [0.05, 0.1) is 6.54 Å². The van der Waals surface area contributed by atoms with E-state index in [1.54, 1.807) is 6.92 Å². The molecule has 0 aliphatic rings. The van der Waals surface area contributed by atoms with Crippen molar-refractivity contribution in [2.24, 2.45) is 0 Å². The SMILES string of the molecule is Cc1nonc1CNCC(F)(F)C(F)F. The summed E-state index contributed by atoms with van der Waals surface area (Å²) in [7, 11) is 0. The van der Waals surface area contributed by atoms with Gasteiger partial charge < -0.3 is 5.32 Å². The summed E-state index contributed by atoms with van der Waals surface area (Å²) in [6.45, 7) is 0.368. The maximum Gasteiger partial charge on any atom is 0.319 e. The average molecular weight is 227 g/mol. The van der Waals surface area contributed by atoms with Crippen molar-refractivity contribution < 1.29 is 22.2 Å². The lowest BCUT2D eigenvalue weighted by Gasteiger charge is -2.14. The molecule has 0 aliphatic carbocycles. The van der Waals surface area contributed by atoms with Crippen LogP contribution in [0.4, 0.5) is 17.6 Å². The third kappa shape index (κ3) is 3.15. The van der Waals surface area contributed by atoms with Gasteiger partial charge in [-0.2, -0.15) is 8.78 Å². The van der Waals surface area contributed by atoms with E-state index in [2.05, 4.69) is 20.3 Å². The first-order chi connectivity index (χ1) is 6.93. The zero-order chi connectivity index (χ0) is 11.5. The summed E-state index contributed by atoms with van der Waals surface area (Å²) in [5.74, 6) is -4.04. The average Bonchev–Trinajstić information content (AvgIpc) is 2.51. The van der Waals surface area contributed by atoms with Crippen molar-refractivity contribution in [3.63, 3.8) is 0 Å². The van der Waals surface area contributed by atoms with Crippen LogP contribution in [-0.4, -0.2) is 29.2 Å². The van der Waals surface area contributed by atoms with Crippen LogP contribution < -0.4 is 5.32 Å². The highest BCUT2D eigenvalue weighted by Gasteiger charge is 2.40. The van der Waals surface area contributed by atoms with Crippen LogP contribution in [0.25, 0.3) is 0 Å². The highest BCUT2D eigenvalue weighted by atomic mass is 19.3. The Bertz CT molecular complexity index is 315. The Labute approximate surface area is 82.6 Å². The number of aryl methyl sites for hydroxylation is 1. The van der Waals surface area contributed by atoms with E-state index in [4.69, 9.17) is 0 Å². The van der Waals surface area contributed by atoms with Gasteiger partial charge in [-0.25, -0.2) is 13.4 Å². The first-order valence-electron chi connectivity index (χ1n) is 4.08. The van der Waals surface area contributed by atoms with Crippen LogP contribution >= 0.6 is 0 Å². The van der Waals surface area contributed by atoms with Gasteiger partial charge in [0.25, 0.3) is 0 Å². The van der Waals surface area contributed by atoms with Crippen molar-refractivity contribution >= 4 is 0 Å². The van der Waals surface area contributed by atoms with Gasteiger partial charge in [-0.3, -0.25) is 0 Å². The quantitative estimate of drug-likeness (QED) is 0.772. The van der Waals surface area contributed by atoms with Crippen LogP contribution in [0.2, 0.25) is 0 Å². The molecule has 1 rings (SSSR count). The molecule has 0 unspecified atom stereocenters. The summed E-state index contributed by atoms with van der Waals surface area (Å²) in [6, 6.07) is 0. The fraction of sp³-hybridized carbons (Fsp3) is 0.714. The Morgan fingerprint density at radius 3 is 2.53 bits per heavy atom. The number of alkyl halides is 4. The van der Waals surface area contributed by atoms with E-state index in [9.17, 15) is 17.6 Å². The molecule has 0 spiro atoms. The summed E-state index contributed by atoms with van der Waals surface area (Å²) >= 11 is 0. The van der Waals surface area contributed by atoms with E-state index in [0.717, 1.165) is 0 Å². The van der Waals surface area contributed by atoms with Crippen molar-refractivity contribution in [2.45, 2.75) is 25.8 Å². The Hall–Kier alpha value is -1.18. The van der Waals surface area contributed by atoms with Crippen molar-refractivity contribution in [3.05, 3.63) is 11.4 Å². The molecule has 1 aromatic rings. The van der Waals surface area contributed by atoms with Crippen molar-refractivity contribution in [1.29, 1.82) is 0 Å². The van der Waals surface area contributed by atoms with Crippen molar-refractivity contribution in [2.75, 3.05) is 6.54 Å². The van der Waals surface area contributed by atoms with E-state index < -0.39 is 18.9 Å². The molecule has 0 aliphatic heterocycles. The first-order valence-corrected chi connectivity index (χ1v) is 4.08. The number of hydrogen-bond donors (Lipinski definition) is 1. The smallest absolute Gasteiger partial charge is 0.305 e. The Morgan fingerprint density at radius 2 is 2.07 bits per heavy atom. The lowest BCUT2D eigenvalue weighted by molar-refractivity contribution is -0.125. The van der Waals surface area contributed by atoms with Gasteiger partial charge in [-0.15, -0.1) is 0 Å². The van der Waals surface area contributed by atoms with E-state index in [0.29, 0.717) is 11.4 Å². The zero-order valence-electron chi connectivity index (χ0n) is 7.81. The van der Waals surface area contributed by atoms with Gasteiger partial charge >= 0.3 is 12.3 Å². The molecular weight excluding hydrogens is 218 g/mol. The minimum atomic E-state index is -4.04. The number of nitrogens with zero attached hydrogens (tertiary/aromatic N) is 2. The number of aromatic nitrogens is 2. The largest absolute Gasteiger partial charge is 0.319 e. The molecule has 0 radical (unpaired) electrons. The number of halogens is 4. The van der Waals surface area contributed by atoms with Crippen LogP contribution in [0.5, 0.6) is 0 Å². The normalized spacial score (nSPS) is 12.4. The first kappa shape index (κ1) is 11.9. The topological polar surface area (TPSA) is 51.0 Å². The second-order valence-electron chi connectivity index (χ2n) is 2.96. The minimum Gasteiger partial charge on any atom is -0.305 e. The number of rotatable bonds is 5. The molecule has 0 aromatic carbocycles. The van der Waals surface area contributed by atoms with Gasteiger partial charge in [0.15, 0.2) is 0 Å². The lowest BCUT2D eigenvalue weighted by atomic mass is 10.3. The third-order valence-electron chi connectivity index (χ3n) is 1.72. The summed E-state index contributed by atoms with van der Waals surface area (Å²) in [5.41, 5.74) is 0.753. The summed E-state index contributed by atoms with van der Waals surface area (Å²) in [4.78, 5) is 0. The van der Waals surface area contributed by atoms with Gasteiger partial charge in [0.2, 0.25) is 0 Å². The standard InChI is InChI=1S/C7H9F4N3O/c1-4-5(14-15-13-4)2-12-3-7(10,11)6(8)9/h6,12H,2-3H2,1H3. The Morgan fingerprint density at radius 1 is 1.40 bits per heavy atom. The fourth-order valence-corrected chi connectivity index (χ4v) is 0.835. The molecule has 0 saturated carbocycles. The predicted molar refractivity (Wildman–Crippen MR) is 41.7 cm³/mol. The van der Waals surface area contributed by atoms with E-state index in [1.165, 1.54) is 0 Å². The molecule has 0 bridgehead atoms. The lowest BCUT2D eigenvalue weighted by Crippen LogP contribution is -2.38.